The maximum absolute atomic E-state index is 12.4. The summed E-state index contributed by atoms with van der Waals surface area (Å²) in [6.45, 7) is 0.488. The van der Waals surface area contributed by atoms with Crippen molar-refractivity contribution in [2.24, 2.45) is 0 Å². The molecule has 1 amide bonds. The maximum Gasteiger partial charge on any atom is 0.223 e. The largest absolute Gasteiger partial charge is 0.461 e. The van der Waals surface area contributed by atoms with Crippen LogP contribution >= 0.6 is 0 Å². The topological polar surface area (TPSA) is 57.2 Å². The van der Waals surface area contributed by atoms with Crippen molar-refractivity contribution in [3.05, 3.63) is 83.6 Å². The third-order valence-corrected chi connectivity index (χ3v) is 4.21. The van der Waals surface area contributed by atoms with E-state index in [1.807, 2.05) is 60.7 Å². The third-order valence-electron chi connectivity index (χ3n) is 4.21. The first-order chi connectivity index (χ1) is 12.7. The lowest BCUT2D eigenvalue weighted by Crippen LogP contribution is -2.26. The number of amides is 1. The number of nitrogens with zero attached hydrogens (tertiary/aromatic N) is 2. The fourth-order valence-electron chi connectivity index (χ4n) is 2.79. The molecule has 130 valence electrons. The number of hydrogen-bond donors (Lipinski definition) is 0. The summed E-state index contributed by atoms with van der Waals surface area (Å²) in [4.78, 5) is 14.0. The fraction of sp³-hybridized carbons (Fsp3) is 0.182. The van der Waals surface area contributed by atoms with Crippen LogP contribution in [0.15, 0.2) is 71.1 Å². The van der Waals surface area contributed by atoms with Crippen LogP contribution in [0.1, 0.15) is 23.3 Å². The highest BCUT2D eigenvalue weighted by atomic mass is 16.3. The van der Waals surface area contributed by atoms with Gasteiger partial charge in [-0.3, -0.25) is 4.79 Å². The summed E-state index contributed by atoms with van der Waals surface area (Å²) in [5.41, 5.74) is 2.58. The maximum atomic E-state index is 12.4. The Balaban J connectivity index is 1.55. The van der Waals surface area contributed by atoms with Gasteiger partial charge in [0.05, 0.1) is 11.6 Å². The molecule has 0 fully saturated rings. The van der Waals surface area contributed by atoms with Crippen LogP contribution in [-0.2, 0) is 17.8 Å². The Hall–Kier alpha value is -3.32. The Morgan fingerprint density at radius 3 is 2.65 bits per heavy atom. The van der Waals surface area contributed by atoms with Crippen molar-refractivity contribution in [2.45, 2.75) is 19.4 Å². The van der Waals surface area contributed by atoms with E-state index in [1.54, 1.807) is 18.0 Å². The van der Waals surface area contributed by atoms with Crippen LogP contribution in [0.5, 0.6) is 0 Å². The second kappa shape index (κ2) is 8.17. The first-order valence-corrected chi connectivity index (χ1v) is 8.53. The van der Waals surface area contributed by atoms with Gasteiger partial charge in [0.2, 0.25) is 5.91 Å². The Labute approximate surface area is 153 Å². The van der Waals surface area contributed by atoms with Gasteiger partial charge in [-0.2, -0.15) is 5.26 Å². The van der Waals surface area contributed by atoms with Crippen molar-refractivity contribution in [1.29, 1.82) is 5.26 Å². The number of carbonyl (C=O) groups excluding carboxylic acids is 1. The van der Waals surface area contributed by atoms with Gasteiger partial charge in [-0.15, -0.1) is 0 Å². The summed E-state index contributed by atoms with van der Waals surface area (Å²) in [5.74, 6) is 1.66. The molecule has 0 N–H and O–H groups in total. The Morgan fingerprint density at radius 1 is 1.08 bits per heavy atom. The van der Waals surface area contributed by atoms with E-state index in [-0.39, 0.29) is 5.91 Å². The molecule has 2 aromatic carbocycles. The number of nitriles is 1. The van der Waals surface area contributed by atoms with Crippen molar-refractivity contribution < 1.29 is 9.21 Å². The van der Waals surface area contributed by atoms with Crippen LogP contribution in [0, 0.1) is 11.3 Å². The van der Waals surface area contributed by atoms with Crippen molar-refractivity contribution in [2.75, 3.05) is 7.05 Å². The zero-order valence-corrected chi connectivity index (χ0v) is 14.7. The van der Waals surface area contributed by atoms with Crippen molar-refractivity contribution in [1.82, 2.24) is 4.90 Å². The fourth-order valence-corrected chi connectivity index (χ4v) is 2.79. The molecule has 4 heteroatoms. The molecule has 3 aromatic rings. The second-order valence-electron chi connectivity index (χ2n) is 6.19. The first-order valence-electron chi connectivity index (χ1n) is 8.53. The standard InChI is InChI=1S/C22H20N2O2/c1-24(16-18-7-5-6-17(14-18)15-23)22(25)13-11-20-10-12-21(26-20)19-8-3-2-4-9-19/h2-10,12,14H,11,13,16H2,1H3. The monoisotopic (exact) mass is 344 g/mol. The number of furan rings is 1. The molecule has 0 radical (unpaired) electrons. The van der Waals surface area contributed by atoms with Gasteiger partial charge < -0.3 is 9.32 Å². The smallest absolute Gasteiger partial charge is 0.223 e. The van der Waals surface area contributed by atoms with Crippen LogP contribution in [-0.4, -0.2) is 17.9 Å². The number of benzene rings is 2. The minimum atomic E-state index is 0.0463. The van der Waals surface area contributed by atoms with Crippen LogP contribution < -0.4 is 0 Å². The second-order valence-corrected chi connectivity index (χ2v) is 6.19. The van der Waals surface area contributed by atoms with Crippen LogP contribution in [0.4, 0.5) is 0 Å². The van der Waals surface area contributed by atoms with E-state index >= 15 is 0 Å². The molecule has 26 heavy (non-hydrogen) atoms. The predicted molar refractivity (Wildman–Crippen MR) is 100 cm³/mol. The van der Waals surface area contributed by atoms with Crippen LogP contribution in [0.2, 0.25) is 0 Å². The van der Waals surface area contributed by atoms with E-state index < -0.39 is 0 Å². The summed E-state index contributed by atoms with van der Waals surface area (Å²) >= 11 is 0. The zero-order valence-electron chi connectivity index (χ0n) is 14.7. The van der Waals surface area contributed by atoms with Gasteiger partial charge in [-0.25, -0.2) is 0 Å². The van der Waals surface area contributed by atoms with Gasteiger partial charge in [0.1, 0.15) is 11.5 Å². The molecule has 1 aromatic heterocycles. The van der Waals surface area contributed by atoms with Gasteiger partial charge in [0.25, 0.3) is 0 Å². The quantitative estimate of drug-likeness (QED) is 0.665. The lowest BCUT2D eigenvalue weighted by atomic mass is 10.1. The molecule has 0 unspecified atom stereocenters. The molecule has 3 rings (SSSR count). The van der Waals surface area contributed by atoms with Crippen molar-refractivity contribution >= 4 is 5.91 Å². The number of hydrogen-bond acceptors (Lipinski definition) is 3. The summed E-state index contributed by atoms with van der Waals surface area (Å²) < 4.78 is 5.84. The van der Waals surface area contributed by atoms with Gasteiger partial charge in [0, 0.05) is 32.0 Å². The lowest BCUT2D eigenvalue weighted by Gasteiger charge is -2.17. The molecule has 0 spiro atoms. The molecule has 0 aliphatic rings. The Kier molecular flexibility index (Phi) is 5.50. The van der Waals surface area contributed by atoms with Crippen molar-refractivity contribution in [3.63, 3.8) is 0 Å². The van der Waals surface area contributed by atoms with E-state index in [0.29, 0.717) is 24.9 Å². The molecular formula is C22H20N2O2. The minimum absolute atomic E-state index is 0.0463. The molecular weight excluding hydrogens is 324 g/mol. The summed E-state index contributed by atoms with van der Waals surface area (Å²) in [6, 6.07) is 23.2. The number of carbonyl (C=O) groups is 1. The van der Waals surface area contributed by atoms with Gasteiger partial charge in [-0.1, -0.05) is 42.5 Å². The molecule has 4 nitrogen and oxygen atoms in total. The van der Waals surface area contributed by atoms with E-state index in [9.17, 15) is 4.79 Å². The lowest BCUT2D eigenvalue weighted by molar-refractivity contribution is -0.130. The highest BCUT2D eigenvalue weighted by Crippen LogP contribution is 2.22. The van der Waals surface area contributed by atoms with E-state index in [4.69, 9.17) is 9.68 Å². The van der Waals surface area contributed by atoms with Crippen LogP contribution in [0.25, 0.3) is 11.3 Å². The molecule has 0 saturated heterocycles. The van der Waals surface area contributed by atoms with E-state index in [0.717, 1.165) is 22.6 Å². The Bertz CT molecular complexity index is 923. The summed E-state index contributed by atoms with van der Waals surface area (Å²) in [5, 5.41) is 8.96. The summed E-state index contributed by atoms with van der Waals surface area (Å²) in [6.07, 6.45) is 0.949. The first kappa shape index (κ1) is 17.5. The average molecular weight is 344 g/mol. The normalized spacial score (nSPS) is 10.3. The Morgan fingerprint density at radius 2 is 1.88 bits per heavy atom. The highest BCUT2D eigenvalue weighted by molar-refractivity contribution is 5.76. The average Bonchev–Trinajstić information content (AvgIpc) is 3.16. The van der Waals surface area contributed by atoms with Gasteiger partial charge in [0.15, 0.2) is 0 Å². The molecule has 0 bridgehead atoms. The summed E-state index contributed by atoms with van der Waals surface area (Å²) in [7, 11) is 1.78. The van der Waals surface area contributed by atoms with Gasteiger partial charge >= 0.3 is 0 Å². The molecule has 1 heterocycles. The van der Waals surface area contributed by atoms with Crippen LogP contribution in [0.3, 0.4) is 0 Å². The van der Waals surface area contributed by atoms with Gasteiger partial charge in [-0.05, 0) is 29.8 Å². The molecule has 0 atom stereocenters. The molecule has 0 saturated carbocycles. The van der Waals surface area contributed by atoms with E-state index in [1.165, 1.54) is 0 Å². The highest BCUT2D eigenvalue weighted by Gasteiger charge is 2.12. The molecule has 0 aliphatic carbocycles. The minimum Gasteiger partial charge on any atom is -0.461 e. The van der Waals surface area contributed by atoms with E-state index in [2.05, 4.69) is 6.07 Å². The zero-order chi connectivity index (χ0) is 18.4. The predicted octanol–water partition coefficient (Wildman–Crippen LogP) is 4.41. The van der Waals surface area contributed by atoms with Crippen molar-refractivity contribution in [3.8, 4) is 17.4 Å². The number of aryl methyl sites for hydroxylation is 1. The SMILES string of the molecule is CN(Cc1cccc(C#N)c1)C(=O)CCc1ccc(-c2ccccc2)o1. The molecule has 0 aliphatic heterocycles. The third kappa shape index (κ3) is 4.40. The number of rotatable bonds is 6.